The van der Waals surface area contributed by atoms with Crippen LogP contribution in [0.1, 0.15) is 40.0 Å². The van der Waals surface area contributed by atoms with E-state index in [4.69, 9.17) is 17.2 Å². The first-order valence-corrected chi connectivity index (χ1v) is 14.7. The van der Waals surface area contributed by atoms with Crippen molar-refractivity contribution < 1.29 is 38.7 Å². The van der Waals surface area contributed by atoms with E-state index in [1.54, 1.807) is 13.8 Å². The van der Waals surface area contributed by atoms with E-state index >= 15 is 0 Å². The SMILES string of the molecule is CC(=O)N[C@H]1CSSC(C)(C)[C@@H](C(N)=O)NC(=O)[C@H](CC(=O)O)NC(=O)CNC(=O)[C@@H](CCCN=C(N)N)NC1=O. The molecule has 41 heavy (non-hydrogen) atoms. The van der Waals surface area contributed by atoms with Crippen LogP contribution in [0, 0.1) is 0 Å². The number of hydrogen-bond acceptors (Lipinski definition) is 10. The molecule has 1 fully saturated rings. The first kappa shape index (κ1) is 35.3. The lowest BCUT2D eigenvalue weighted by molar-refractivity contribution is -0.141. The molecule has 1 saturated heterocycles. The Morgan fingerprint density at radius 1 is 1.02 bits per heavy atom. The standard InChI is InChI=1S/C22H37N9O8S2/c1-10(32)28-13-9-40-41-22(2,3)16(17(23)36)31-19(38)12(7-15(34)35)29-14(33)8-27-18(37)11(30-20(13)39)5-4-6-26-21(24)25/h11-13,16H,4-9H2,1-3H3,(H2,23,36)(H,27,37)(H,28,32)(H,29,33)(H,30,39)(H,31,38)(H,34,35)(H4,24,25,26)/t11-,12+,13+,16-/m1/s1. The number of carbonyl (C=O) groups excluding carboxylic acids is 6. The second-order valence-corrected chi connectivity index (χ2v) is 12.5. The van der Waals surface area contributed by atoms with Gasteiger partial charge in [0.05, 0.1) is 13.0 Å². The van der Waals surface area contributed by atoms with Crippen molar-refractivity contribution >= 4 is 69.0 Å². The summed E-state index contributed by atoms with van der Waals surface area (Å²) >= 11 is 0. The fourth-order valence-corrected chi connectivity index (χ4v) is 6.35. The van der Waals surface area contributed by atoms with Crippen molar-refractivity contribution in [3.63, 3.8) is 0 Å². The molecule has 1 heterocycles. The molecule has 6 amide bonds. The molecular formula is C22H37N9O8S2. The number of guanidine groups is 1. The van der Waals surface area contributed by atoms with Crippen LogP contribution in [-0.4, -0.2) is 100 Å². The van der Waals surface area contributed by atoms with Crippen molar-refractivity contribution in [2.75, 3.05) is 18.8 Å². The average Bonchev–Trinajstić information content (AvgIpc) is 2.84. The van der Waals surface area contributed by atoms with Gasteiger partial charge in [-0.1, -0.05) is 21.6 Å². The van der Waals surface area contributed by atoms with E-state index < -0.39 is 83.3 Å². The Labute approximate surface area is 244 Å². The largest absolute Gasteiger partial charge is 0.481 e. The fourth-order valence-electron chi connectivity index (χ4n) is 3.53. The zero-order chi connectivity index (χ0) is 31.3. The molecule has 0 aromatic carbocycles. The summed E-state index contributed by atoms with van der Waals surface area (Å²) in [4.78, 5) is 90.8. The van der Waals surface area contributed by atoms with Crippen molar-refractivity contribution in [1.82, 2.24) is 26.6 Å². The third-order valence-electron chi connectivity index (χ3n) is 5.50. The molecule has 1 rings (SSSR count). The highest BCUT2D eigenvalue weighted by molar-refractivity contribution is 8.77. The predicted molar refractivity (Wildman–Crippen MR) is 152 cm³/mol. The van der Waals surface area contributed by atoms with Gasteiger partial charge < -0.3 is 48.9 Å². The van der Waals surface area contributed by atoms with Gasteiger partial charge in [-0.05, 0) is 26.7 Å². The molecular weight excluding hydrogens is 582 g/mol. The number of nitrogens with two attached hydrogens (primary N) is 3. The number of hydrogen-bond donors (Lipinski definition) is 9. The maximum Gasteiger partial charge on any atom is 0.305 e. The van der Waals surface area contributed by atoms with Gasteiger partial charge in [-0.25, -0.2) is 0 Å². The van der Waals surface area contributed by atoms with Crippen LogP contribution in [0.5, 0.6) is 0 Å². The predicted octanol–water partition coefficient (Wildman–Crippen LogP) is -3.75. The van der Waals surface area contributed by atoms with Crippen LogP contribution in [0.25, 0.3) is 0 Å². The Balaban J connectivity index is 3.37. The van der Waals surface area contributed by atoms with Crippen molar-refractivity contribution in [2.45, 2.75) is 68.9 Å². The lowest BCUT2D eigenvalue weighted by Gasteiger charge is -2.33. The van der Waals surface area contributed by atoms with E-state index in [9.17, 15) is 38.7 Å². The number of carboxylic acid groups (broad SMARTS) is 1. The summed E-state index contributed by atoms with van der Waals surface area (Å²) in [6.07, 6.45) is -0.495. The van der Waals surface area contributed by atoms with Crippen molar-refractivity contribution in [1.29, 1.82) is 0 Å². The number of primary amides is 1. The highest BCUT2D eigenvalue weighted by Gasteiger charge is 2.39. The first-order chi connectivity index (χ1) is 19.0. The third-order valence-corrected chi connectivity index (χ3v) is 8.80. The summed E-state index contributed by atoms with van der Waals surface area (Å²) < 4.78 is -1.10. The number of aliphatic imine (C=N–C) groups is 1. The Bertz CT molecular complexity index is 1050. The Morgan fingerprint density at radius 3 is 2.24 bits per heavy atom. The molecule has 0 spiro atoms. The molecule has 1 aliphatic heterocycles. The average molecular weight is 620 g/mol. The van der Waals surface area contributed by atoms with E-state index in [0.29, 0.717) is 0 Å². The molecule has 1 aliphatic rings. The molecule has 0 saturated carbocycles. The molecule has 12 N–H and O–H groups in total. The number of aliphatic carboxylic acids is 1. The number of amides is 6. The Morgan fingerprint density at radius 2 is 1.68 bits per heavy atom. The second kappa shape index (κ2) is 16.5. The molecule has 4 atom stereocenters. The summed E-state index contributed by atoms with van der Waals surface area (Å²) in [5.41, 5.74) is 16.2. The minimum Gasteiger partial charge on any atom is -0.481 e. The zero-order valence-corrected chi connectivity index (χ0v) is 24.5. The molecule has 0 aliphatic carbocycles. The van der Waals surface area contributed by atoms with Crippen molar-refractivity contribution in [3.05, 3.63) is 0 Å². The van der Waals surface area contributed by atoms with Gasteiger partial charge in [-0.3, -0.25) is 38.6 Å². The molecule has 17 nitrogen and oxygen atoms in total. The lowest BCUT2D eigenvalue weighted by Crippen LogP contribution is -2.59. The summed E-state index contributed by atoms with van der Waals surface area (Å²) in [5, 5.41) is 21.3. The van der Waals surface area contributed by atoms with Gasteiger partial charge in [0.2, 0.25) is 35.4 Å². The van der Waals surface area contributed by atoms with E-state index in [1.165, 1.54) is 6.92 Å². The monoisotopic (exact) mass is 619 g/mol. The van der Waals surface area contributed by atoms with Gasteiger partial charge >= 0.3 is 5.97 Å². The van der Waals surface area contributed by atoms with Crippen LogP contribution in [-0.2, 0) is 33.6 Å². The molecule has 0 aromatic heterocycles. The molecule has 0 radical (unpaired) electrons. The van der Waals surface area contributed by atoms with Gasteiger partial charge in [0.15, 0.2) is 5.96 Å². The van der Waals surface area contributed by atoms with Crippen LogP contribution in [0.3, 0.4) is 0 Å². The molecule has 19 heteroatoms. The van der Waals surface area contributed by atoms with Crippen LogP contribution in [0.2, 0.25) is 0 Å². The fraction of sp³-hybridized carbons (Fsp3) is 0.636. The minimum absolute atomic E-state index is 0.0110. The lowest BCUT2D eigenvalue weighted by atomic mass is 10.0. The van der Waals surface area contributed by atoms with Gasteiger partial charge in [0.1, 0.15) is 24.2 Å². The molecule has 230 valence electrons. The maximum atomic E-state index is 13.1. The Hall–Kier alpha value is -3.74. The molecule has 0 bridgehead atoms. The normalized spacial score (nSPS) is 24.4. The van der Waals surface area contributed by atoms with Crippen molar-refractivity contribution in [2.24, 2.45) is 22.2 Å². The summed E-state index contributed by atoms with van der Waals surface area (Å²) in [6.45, 7) is 3.85. The number of carboxylic acids is 1. The number of carbonyl (C=O) groups is 7. The van der Waals surface area contributed by atoms with Crippen LogP contribution < -0.4 is 43.8 Å². The van der Waals surface area contributed by atoms with Gasteiger partial charge in [0, 0.05) is 24.0 Å². The smallest absolute Gasteiger partial charge is 0.305 e. The summed E-state index contributed by atoms with van der Waals surface area (Å²) in [5.74, 6) is -6.38. The molecule has 0 aromatic rings. The Kier molecular flexibility index (Phi) is 14.2. The first-order valence-electron chi connectivity index (χ1n) is 12.4. The minimum atomic E-state index is -1.60. The van der Waals surface area contributed by atoms with E-state index in [-0.39, 0.29) is 31.1 Å². The van der Waals surface area contributed by atoms with Gasteiger partial charge in [-0.15, -0.1) is 0 Å². The van der Waals surface area contributed by atoms with Crippen LogP contribution >= 0.6 is 21.6 Å². The van der Waals surface area contributed by atoms with Crippen LogP contribution in [0.15, 0.2) is 4.99 Å². The number of rotatable bonds is 8. The van der Waals surface area contributed by atoms with Gasteiger partial charge in [-0.2, -0.15) is 0 Å². The second-order valence-electron chi connectivity index (χ2n) is 9.51. The quantitative estimate of drug-likeness (QED) is 0.0548. The maximum absolute atomic E-state index is 13.1. The van der Waals surface area contributed by atoms with E-state index in [0.717, 1.165) is 21.6 Å². The van der Waals surface area contributed by atoms with E-state index in [2.05, 4.69) is 31.6 Å². The number of nitrogens with one attached hydrogen (secondary N) is 5. The molecule has 0 unspecified atom stereocenters. The zero-order valence-electron chi connectivity index (χ0n) is 22.9. The third kappa shape index (κ3) is 13.0. The summed E-state index contributed by atoms with van der Waals surface area (Å²) in [7, 11) is 2.16. The van der Waals surface area contributed by atoms with Crippen LogP contribution in [0.4, 0.5) is 0 Å². The van der Waals surface area contributed by atoms with Crippen molar-refractivity contribution in [3.8, 4) is 0 Å². The highest BCUT2D eigenvalue weighted by atomic mass is 33.1. The van der Waals surface area contributed by atoms with E-state index in [1.807, 2.05) is 0 Å². The van der Waals surface area contributed by atoms with Gasteiger partial charge in [0.25, 0.3) is 0 Å². The summed E-state index contributed by atoms with van der Waals surface area (Å²) in [6, 6.07) is -5.18. The number of nitrogens with zero attached hydrogens (tertiary/aromatic N) is 1. The highest BCUT2D eigenvalue weighted by Crippen LogP contribution is 2.38. The topological polar surface area (TPSA) is 290 Å².